The number of aromatic nitrogens is 1. The average molecular weight is 237 g/mol. The number of thiophene rings is 1. The van der Waals surface area contributed by atoms with Crippen LogP contribution in [0.25, 0.3) is 12.2 Å². The molecule has 15 heavy (non-hydrogen) atoms. The maximum atomic E-state index is 10.6. The third-order valence-corrected chi connectivity index (χ3v) is 3.21. The van der Waals surface area contributed by atoms with Crippen molar-refractivity contribution >= 4 is 40.8 Å². The fraction of sp³-hybridized carbons (Fsp3) is 0. The van der Waals surface area contributed by atoms with Crippen molar-refractivity contribution in [1.29, 1.82) is 0 Å². The van der Waals surface area contributed by atoms with E-state index in [0.717, 1.165) is 5.56 Å². The predicted octanol–water partition coefficient (Wildman–Crippen LogP) is 3.07. The minimum atomic E-state index is -0.985. The second kappa shape index (κ2) is 4.37. The van der Waals surface area contributed by atoms with Crippen molar-refractivity contribution in [1.82, 2.24) is 4.98 Å². The van der Waals surface area contributed by atoms with Crippen LogP contribution >= 0.6 is 22.7 Å². The predicted molar refractivity (Wildman–Crippen MR) is 62.3 cm³/mol. The number of aromatic carboxylic acids is 1. The first-order chi connectivity index (χ1) is 7.25. The Morgan fingerprint density at radius 3 is 2.87 bits per heavy atom. The van der Waals surface area contributed by atoms with Crippen LogP contribution in [0.4, 0.5) is 0 Å². The van der Waals surface area contributed by atoms with Crippen molar-refractivity contribution in [2.75, 3.05) is 0 Å². The van der Waals surface area contributed by atoms with Gasteiger partial charge in [-0.3, -0.25) is 0 Å². The molecule has 3 nitrogen and oxygen atoms in total. The van der Waals surface area contributed by atoms with Gasteiger partial charge < -0.3 is 5.11 Å². The summed E-state index contributed by atoms with van der Waals surface area (Å²) >= 11 is 2.95. The van der Waals surface area contributed by atoms with Crippen LogP contribution in [-0.4, -0.2) is 16.1 Å². The number of hydrogen-bond donors (Lipinski definition) is 1. The van der Waals surface area contributed by atoms with E-state index in [1.54, 1.807) is 11.3 Å². The Hall–Kier alpha value is -1.46. The molecule has 5 heteroatoms. The van der Waals surface area contributed by atoms with Crippen LogP contribution in [0.1, 0.15) is 21.1 Å². The minimum Gasteiger partial charge on any atom is -0.476 e. The zero-order valence-corrected chi connectivity index (χ0v) is 9.22. The molecule has 0 saturated heterocycles. The first-order valence-corrected chi connectivity index (χ1v) is 5.97. The van der Waals surface area contributed by atoms with Gasteiger partial charge in [0.25, 0.3) is 0 Å². The number of nitrogens with zero attached hydrogens (tertiary/aromatic N) is 1. The Morgan fingerprint density at radius 2 is 2.27 bits per heavy atom. The molecule has 0 bridgehead atoms. The summed E-state index contributed by atoms with van der Waals surface area (Å²) in [6.07, 6.45) is 3.74. The summed E-state index contributed by atoms with van der Waals surface area (Å²) in [6, 6.07) is 1.99. The molecule has 0 aliphatic carbocycles. The number of carbonyl (C=O) groups is 1. The minimum absolute atomic E-state index is 0.102. The molecule has 0 amide bonds. The van der Waals surface area contributed by atoms with Crippen LogP contribution in [0.3, 0.4) is 0 Å². The van der Waals surface area contributed by atoms with E-state index in [2.05, 4.69) is 4.98 Å². The van der Waals surface area contributed by atoms with Gasteiger partial charge in [-0.15, -0.1) is 11.3 Å². The van der Waals surface area contributed by atoms with E-state index in [9.17, 15) is 4.79 Å². The number of hydrogen-bond acceptors (Lipinski definition) is 4. The van der Waals surface area contributed by atoms with Crippen LogP contribution in [0.5, 0.6) is 0 Å². The zero-order valence-electron chi connectivity index (χ0n) is 7.58. The van der Waals surface area contributed by atoms with Gasteiger partial charge in [0.15, 0.2) is 5.69 Å². The number of carboxylic acids is 1. The highest BCUT2D eigenvalue weighted by Crippen LogP contribution is 2.15. The summed E-state index contributed by atoms with van der Waals surface area (Å²) in [5.74, 6) is -0.985. The molecule has 2 aromatic rings. The van der Waals surface area contributed by atoms with Crippen LogP contribution in [0.2, 0.25) is 0 Å². The second-order valence-electron chi connectivity index (χ2n) is 2.77. The Kier molecular flexibility index (Phi) is 2.94. The molecule has 0 aromatic carbocycles. The molecule has 0 radical (unpaired) electrons. The second-order valence-corrected chi connectivity index (χ2v) is 4.44. The summed E-state index contributed by atoms with van der Waals surface area (Å²) in [7, 11) is 0. The van der Waals surface area contributed by atoms with Crippen molar-refractivity contribution in [2.24, 2.45) is 0 Å². The Morgan fingerprint density at radius 1 is 1.40 bits per heavy atom. The van der Waals surface area contributed by atoms with Crippen LogP contribution in [-0.2, 0) is 0 Å². The van der Waals surface area contributed by atoms with Gasteiger partial charge >= 0.3 is 5.97 Å². The molecule has 0 fully saturated rings. The molecule has 0 spiro atoms. The van der Waals surface area contributed by atoms with E-state index < -0.39 is 5.97 Å². The average Bonchev–Trinajstić information content (AvgIpc) is 2.86. The van der Waals surface area contributed by atoms with Gasteiger partial charge in [0.2, 0.25) is 0 Å². The van der Waals surface area contributed by atoms with Crippen LogP contribution in [0.15, 0.2) is 22.2 Å². The van der Waals surface area contributed by atoms with Gasteiger partial charge in [0.05, 0.1) is 0 Å². The van der Waals surface area contributed by atoms with E-state index in [0.29, 0.717) is 5.01 Å². The van der Waals surface area contributed by atoms with E-state index in [1.807, 2.05) is 29.0 Å². The monoisotopic (exact) mass is 237 g/mol. The molecular weight excluding hydrogens is 230 g/mol. The van der Waals surface area contributed by atoms with E-state index in [1.165, 1.54) is 16.7 Å². The fourth-order valence-corrected chi connectivity index (χ4v) is 2.31. The summed E-state index contributed by atoms with van der Waals surface area (Å²) < 4.78 is 0. The van der Waals surface area contributed by atoms with E-state index in [-0.39, 0.29) is 5.69 Å². The third kappa shape index (κ3) is 2.51. The SMILES string of the molecule is O=C(O)c1csc(/C=C/c2ccsc2)n1. The lowest BCUT2D eigenvalue weighted by Crippen LogP contribution is -1.95. The molecular formula is C10H7NO2S2. The maximum absolute atomic E-state index is 10.6. The summed E-state index contributed by atoms with van der Waals surface area (Å²) in [5, 5.41) is 14.9. The highest BCUT2D eigenvalue weighted by atomic mass is 32.1. The topological polar surface area (TPSA) is 50.2 Å². The van der Waals surface area contributed by atoms with Gasteiger partial charge in [0, 0.05) is 5.38 Å². The Balaban J connectivity index is 2.14. The first kappa shape index (κ1) is 10.1. The zero-order chi connectivity index (χ0) is 10.7. The van der Waals surface area contributed by atoms with Gasteiger partial charge in [-0.1, -0.05) is 6.08 Å². The van der Waals surface area contributed by atoms with Crippen molar-refractivity contribution in [3.63, 3.8) is 0 Å². The molecule has 0 aliphatic rings. The van der Waals surface area contributed by atoms with Crippen molar-refractivity contribution < 1.29 is 9.90 Å². The molecule has 2 aromatic heterocycles. The van der Waals surface area contributed by atoms with E-state index in [4.69, 9.17) is 5.11 Å². The molecule has 2 heterocycles. The summed E-state index contributed by atoms with van der Waals surface area (Å²) in [5.41, 5.74) is 1.21. The number of rotatable bonds is 3. The lowest BCUT2D eigenvalue weighted by molar-refractivity contribution is 0.0691. The van der Waals surface area contributed by atoms with Crippen molar-refractivity contribution in [2.45, 2.75) is 0 Å². The quantitative estimate of drug-likeness (QED) is 0.892. The van der Waals surface area contributed by atoms with Gasteiger partial charge in [-0.05, 0) is 28.5 Å². The van der Waals surface area contributed by atoms with Gasteiger partial charge in [-0.2, -0.15) is 11.3 Å². The fourth-order valence-electron chi connectivity index (χ4n) is 1.000. The molecule has 1 N–H and O–H groups in total. The van der Waals surface area contributed by atoms with E-state index >= 15 is 0 Å². The standard InChI is InChI=1S/C10H7NO2S2/c12-10(13)8-6-15-9(11-8)2-1-7-3-4-14-5-7/h1-6H,(H,12,13)/b2-1+. The van der Waals surface area contributed by atoms with Gasteiger partial charge in [-0.25, -0.2) is 9.78 Å². The molecule has 0 unspecified atom stereocenters. The molecule has 2 rings (SSSR count). The molecule has 76 valence electrons. The maximum Gasteiger partial charge on any atom is 0.355 e. The van der Waals surface area contributed by atoms with Crippen molar-refractivity contribution in [3.8, 4) is 0 Å². The highest BCUT2D eigenvalue weighted by Gasteiger charge is 2.06. The third-order valence-electron chi connectivity index (χ3n) is 1.70. The summed E-state index contributed by atoms with van der Waals surface area (Å²) in [4.78, 5) is 14.5. The lowest BCUT2D eigenvalue weighted by Gasteiger charge is -1.83. The lowest BCUT2D eigenvalue weighted by atomic mass is 10.3. The Bertz CT molecular complexity index is 485. The largest absolute Gasteiger partial charge is 0.476 e. The van der Waals surface area contributed by atoms with Crippen molar-refractivity contribution in [3.05, 3.63) is 38.5 Å². The molecule has 0 atom stereocenters. The van der Waals surface area contributed by atoms with Crippen LogP contribution < -0.4 is 0 Å². The number of thiazole rings is 1. The van der Waals surface area contributed by atoms with Crippen LogP contribution in [0, 0.1) is 0 Å². The van der Waals surface area contributed by atoms with Gasteiger partial charge in [0.1, 0.15) is 5.01 Å². The molecule has 0 saturated carbocycles. The summed E-state index contributed by atoms with van der Waals surface area (Å²) in [6.45, 7) is 0. The smallest absolute Gasteiger partial charge is 0.355 e. The highest BCUT2D eigenvalue weighted by molar-refractivity contribution is 7.10. The number of carboxylic acid groups (broad SMARTS) is 1. The normalized spacial score (nSPS) is 10.9. The Labute approximate surface area is 94.3 Å². The molecule has 0 aliphatic heterocycles. The first-order valence-electron chi connectivity index (χ1n) is 4.15.